The van der Waals surface area contributed by atoms with Crippen LogP contribution in [-0.4, -0.2) is 20.2 Å². The largest absolute Gasteiger partial charge is 0.461 e. The molecule has 0 atom stereocenters. The zero-order valence-corrected chi connectivity index (χ0v) is 9.05. The fraction of sp³-hybridized carbons (Fsp3) is 0.333. The van der Waals surface area contributed by atoms with Crippen molar-refractivity contribution in [1.29, 1.82) is 0 Å². The van der Waals surface area contributed by atoms with Gasteiger partial charge in [0.1, 0.15) is 12.9 Å². The third kappa shape index (κ3) is 2.48. The number of anilines is 1. The van der Waals surface area contributed by atoms with Gasteiger partial charge in [0, 0.05) is 5.30 Å². The Morgan fingerprint density at radius 2 is 2.14 bits per heavy atom. The molecule has 0 aliphatic carbocycles. The summed E-state index contributed by atoms with van der Waals surface area (Å²) in [5, 5.41) is 0.634. The van der Waals surface area contributed by atoms with E-state index in [0.717, 1.165) is 0 Å². The van der Waals surface area contributed by atoms with Gasteiger partial charge in [-0.15, -0.1) is 0 Å². The summed E-state index contributed by atoms with van der Waals surface area (Å²) in [6.45, 7) is 2.33. The standard InChI is InChI=1S/C9H13FNO2P/c1-14(2,12)7-3-4-8(11)9(5-7)13-6-10/h3-5H,6,11H2,1-2H3. The normalized spacial score (nSPS) is 11.4. The van der Waals surface area contributed by atoms with Gasteiger partial charge in [0.15, 0.2) is 0 Å². The second-order valence-corrected chi connectivity index (χ2v) is 6.54. The summed E-state index contributed by atoms with van der Waals surface area (Å²) in [6.07, 6.45) is 0. The minimum atomic E-state index is -2.35. The SMILES string of the molecule is CP(C)(=O)c1ccc(N)c(OCF)c1. The van der Waals surface area contributed by atoms with Crippen molar-refractivity contribution in [2.24, 2.45) is 0 Å². The molecule has 0 aromatic heterocycles. The maximum Gasteiger partial charge on any atom is 0.228 e. The molecule has 1 rings (SSSR count). The number of ether oxygens (including phenoxy) is 1. The fourth-order valence-corrected chi connectivity index (χ4v) is 1.90. The van der Waals surface area contributed by atoms with Crippen molar-refractivity contribution in [2.75, 3.05) is 25.9 Å². The highest BCUT2D eigenvalue weighted by molar-refractivity contribution is 7.70. The van der Waals surface area contributed by atoms with Crippen LogP contribution < -0.4 is 15.8 Å². The molecule has 0 aliphatic rings. The van der Waals surface area contributed by atoms with E-state index in [1.54, 1.807) is 25.5 Å². The summed E-state index contributed by atoms with van der Waals surface area (Å²) in [6, 6.07) is 4.76. The summed E-state index contributed by atoms with van der Waals surface area (Å²) in [4.78, 5) is 0. The van der Waals surface area contributed by atoms with Gasteiger partial charge >= 0.3 is 0 Å². The molecule has 0 heterocycles. The Kier molecular flexibility index (Phi) is 3.17. The van der Waals surface area contributed by atoms with Gasteiger partial charge in [-0.2, -0.15) is 0 Å². The molecule has 0 saturated carbocycles. The van der Waals surface area contributed by atoms with E-state index in [0.29, 0.717) is 11.0 Å². The summed E-state index contributed by atoms with van der Waals surface area (Å²) in [7, 11) is -2.35. The lowest BCUT2D eigenvalue weighted by atomic mass is 10.3. The van der Waals surface area contributed by atoms with Gasteiger partial charge in [0.2, 0.25) is 6.86 Å². The maximum atomic E-state index is 11.9. The first-order valence-electron chi connectivity index (χ1n) is 4.09. The molecule has 14 heavy (non-hydrogen) atoms. The molecule has 5 heteroatoms. The van der Waals surface area contributed by atoms with E-state index in [1.807, 2.05) is 0 Å². The minimum Gasteiger partial charge on any atom is -0.461 e. The Morgan fingerprint density at radius 3 is 2.64 bits per heavy atom. The molecule has 0 radical (unpaired) electrons. The third-order valence-corrected chi connectivity index (χ3v) is 3.35. The zero-order chi connectivity index (χ0) is 10.8. The van der Waals surface area contributed by atoms with Crippen LogP contribution in [0.2, 0.25) is 0 Å². The van der Waals surface area contributed by atoms with Crippen LogP contribution in [0.1, 0.15) is 0 Å². The van der Waals surface area contributed by atoms with Gasteiger partial charge in [-0.3, -0.25) is 0 Å². The van der Waals surface area contributed by atoms with E-state index in [4.69, 9.17) is 5.73 Å². The molecular formula is C9H13FNO2P. The van der Waals surface area contributed by atoms with E-state index in [-0.39, 0.29) is 5.75 Å². The van der Waals surface area contributed by atoms with E-state index in [2.05, 4.69) is 4.74 Å². The number of hydrogen-bond acceptors (Lipinski definition) is 3. The Bertz CT molecular complexity index is 375. The van der Waals surface area contributed by atoms with Crippen LogP contribution in [0, 0.1) is 0 Å². The van der Waals surface area contributed by atoms with E-state index in [1.165, 1.54) is 6.07 Å². The van der Waals surface area contributed by atoms with Gasteiger partial charge < -0.3 is 15.0 Å². The Labute approximate surface area is 82.4 Å². The minimum absolute atomic E-state index is 0.244. The van der Waals surface area contributed by atoms with Gasteiger partial charge in [-0.05, 0) is 31.5 Å². The summed E-state index contributed by atoms with van der Waals surface area (Å²) >= 11 is 0. The Hall–Kier alpha value is -1.02. The molecule has 0 aliphatic heterocycles. The first-order chi connectivity index (χ1) is 6.45. The molecular weight excluding hydrogens is 204 g/mol. The quantitative estimate of drug-likeness (QED) is 0.620. The summed E-state index contributed by atoms with van der Waals surface area (Å²) in [5.74, 6) is 0.244. The molecule has 2 N–H and O–H groups in total. The Morgan fingerprint density at radius 1 is 1.50 bits per heavy atom. The molecule has 0 bridgehead atoms. The second kappa shape index (κ2) is 4.01. The van der Waals surface area contributed by atoms with E-state index in [9.17, 15) is 8.96 Å². The maximum absolute atomic E-state index is 11.9. The number of nitrogens with two attached hydrogens (primary N) is 1. The molecule has 0 unspecified atom stereocenters. The van der Waals surface area contributed by atoms with Crippen molar-refractivity contribution in [3.8, 4) is 5.75 Å². The van der Waals surface area contributed by atoms with Crippen molar-refractivity contribution in [1.82, 2.24) is 0 Å². The van der Waals surface area contributed by atoms with Gasteiger partial charge in [-0.1, -0.05) is 0 Å². The van der Waals surface area contributed by atoms with Crippen LogP contribution in [0.15, 0.2) is 18.2 Å². The smallest absolute Gasteiger partial charge is 0.228 e. The van der Waals surface area contributed by atoms with Gasteiger partial charge in [-0.25, -0.2) is 4.39 Å². The van der Waals surface area contributed by atoms with Crippen LogP contribution in [0.5, 0.6) is 5.75 Å². The number of alkyl halides is 1. The third-order valence-electron chi connectivity index (χ3n) is 1.83. The zero-order valence-electron chi connectivity index (χ0n) is 8.16. The van der Waals surface area contributed by atoms with Crippen molar-refractivity contribution < 1.29 is 13.7 Å². The van der Waals surface area contributed by atoms with Crippen molar-refractivity contribution >= 4 is 18.1 Å². The van der Waals surface area contributed by atoms with E-state index < -0.39 is 14.0 Å². The van der Waals surface area contributed by atoms with Crippen LogP contribution in [-0.2, 0) is 4.57 Å². The van der Waals surface area contributed by atoms with Crippen molar-refractivity contribution in [3.63, 3.8) is 0 Å². The lowest BCUT2D eigenvalue weighted by Gasteiger charge is -2.10. The van der Waals surface area contributed by atoms with Crippen LogP contribution in [0.25, 0.3) is 0 Å². The highest BCUT2D eigenvalue weighted by atomic mass is 31.2. The highest BCUT2D eigenvalue weighted by Gasteiger charge is 2.13. The molecule has 0 amide bonds. The molecule has 3 nitrogen and oxygen atoms in total. The number of hydrogen-bond donors (Lipinski definition) is 1. The predicted molar refractivity (Wildman–Crippen MR) is 56.5 cm³/mol. The first-order valence-corrected chi connectivity index (χ1v) is 6.69. The average molecular weight is 217 g/mol. The average Bonchev–Trinajstić information content (AvgIpc) is 2.07. The number of halogens is 1. The fourth-order valence-electron chi connectivity index (χ4n) is 1.04. The van der Waals surface area contributed by atoms with Crippen LogP contribution in [0.3, 0.4) is 0 Å². The molecule has 0 fully saturated rings. The van der Waals surface area contributed by atoms with Gasteiger partial charge in [0.25, 0.3) is 0 Å². The van der Waals surface area contributed by atoms with Crippen molar-refractivity contribution in [2.45, 2.75) is 0 Å². The monoisotopic (exact) mass is 217 g/mol. The number of benzene rings is 1. The lowest BCUT2D eigenvalue weighted by molar-refractivity contribution is 0.193. The highest BCUT2D eigenvalue weighted by Crippen LogP contribution is 2.36. The number of rotatable bonds is 3. The molecule has 1 aromatic carbocycles. The van der Waals surface area contributed by atoms with Crippen LogP contribution >= 0.6 is 7.14 Å². The predicted octanol–water partition coefficient (Wildman–Crippen LogP) is 1.82. The summed E-state index contributed by atoms with van der Waals surface area (Å²) in [5.41, 5.74) is 5.88. The van der Waals surface area contributed by atoms with E-state index >= 15 is 0 Å². The molecule has 0 spiro atoms. The van der Waals surface area contributed by atoms with Gasteiger partial charge in [0.05, 0.1) is 5.69 Å². The topological polar surface area (TPSA) is 52.3 Å². The summed E-state index contributed by atoms with van der Waals surface area (Å²) < 4.78 is 28.3. The first kappa shape index (κ1) is 11.1. The van der Waals surface area contributed by atoms with Crippen LogP contribution in [0.4, 0.5) is 10.1 Å². The molecule has 78 valence electrons. The second-order valence-electron chi connectivity index (χ2n) is 3.33. The lowest BCUT2D eigenvalue weighted by Crippen LogP contribution is -2.06. The van der Waals surface area contributed by atoms with Crippen molar-refractivity contribution in [3.05, 3.63) is 18.2 Å². The molecule has 0 saturated heterocycles. The number of nitrogen functional groups attached to an aromatic ring is 1. The Balaban J connectivity index is 3.13. The molecule has 1 aromatic rings.